The lowest BCUT2D eigenvalue weighted by Gasteiger charge is -2.08. The van der Waals surface area contributed by atoms with Crippen LogP contribution >= 0.6 is 50.9 Å². The van der Waals surface area contributed by atoms with Crippen LogP contribution in [0.25, 0.3) is 0 Å². The predicted octanol–water partition coefficient (Wildman–Crippen LogP) is 3.32. The maximum absolute atomic E-state index is 13.4. The lowest BCUT2D eigenvalue weighted by Crippen LogP contribution is -2.28. The zero-order chi connectivity index (χ0) is 13.2. The molecule has 1 aromatic rings. The first-order chi connectivity index (χ1) is 7.88. The van der Waals surface area contributed by atoms with Gasteiger partial charge in [-0.2, -0.15) is 0 Å². The van der Waals surface area contributed by atoms with Crippen molar-refractivity contribution in [1.29, 1.82) is 5.41 Å². The topological polar surface area (TPSA) is 65.8 Å². The second-order valence-electron chi connectivity index (χ2n) is 2.68. The molecule has 0 atom stereocenters. The highest BCUT2D eigenvalue weighted by molar-refractivity contribution is 9.10. The summed E-state index contributed by atoms with van der Waals surface area (Å²) >= 11 is 15.0. The molecule has 1 rings (SSSR count). The number of carbonyl (C=O) groups excluding carboxylic acids is 1. The van der Waals surface area contributed by atoms with Gasteiger partial charge in [-0.15, -0.1) is 0 Å². The van der Waals surface area contributed by atoms with E-state index >= 15 is 0 Å². The van der Waals surface area contributed by atoms with Crippen molar-refractivity contribution in [1.82, 2.24) is 10.3 Å². The number of rotatable bonds is 1. The quantitative estimate of drug-likeness (QED) is 0.458. The van der Waals surface area contributed by atoms with Gasteiger partial charge in [-0.25, -0.2) is 9.37 Å². The Bertz CT molecular complexity index is 500. The Balaban J connectivity index is 3.18. The number of thioether (sulfide) groups is 1. The highest BCUT2D eigenvalue weighted by atomic mass is 79.9. The molecule has 0 radical (unpaired) electrons. The van der Waals surface area contributed by atoms with Gasteiger partial charge in [-0.3, -0.25) is 10.2 Å². The second-order valence-corrected chi connectivity index (χ2v) is 5.01. The average molecular weight is 361 g/mol. The Hall–Kier alpha value is -0.370. The smallest absolute Gasteiger partial charge is 0.261 e. The van der Waals surface area contributed by atoms with E-state index in [1.165, 1.54) is 0 Å². The summed E-state index contributed by atoms with van der Waals surface area (Å²) in [6, 6.07) is 0. The molecule has 17 heavy (non-hydrogen) atoms. The summed E-state index contributed by atoms with van der Waals surface area (Å²) < 4.78 is 13.2. The van der Waals surface area contributed by atoms with E-state index in [1.54, 1.807) is 6.26 Å². The highest BCUT2D eigenvalue weighted by Gasteiger charge is 2.22. The number of aromatic nitrogens is 1. The van der Waals surface area contributed by atoms with Crippen molar-refractivity contribution in [3.63, 3.8) is 0 Å². The lowest BCUT2D eigenvalue weighted by molar-refractivity contribution is 0.0976. The van der Waals surface area contributed by atoms with Crippen molar-refractivity contribution in [2.45, 2.75) is 0 Å². The van der Waals surface area contributed by atoms with Crippen LogP contribution in [0.4, 0.5) is 4.39 Å². The van der Waals surface area contributed by atoms with Crippen LogP contribution in [0.5, 0.6) is 0 Å². The van der Waals surface area contributed by atoms with Gasteiger partial charge in [0, 0.05) is 0 Å². The molecule has 1 heterocycles. The van der Waals surface area contributed by atoms with Gasteiger partial charge in [0.05, 0.1) is 10.0 Å². The van der Waals surface area contributed by atoms with E-state index < -0.39 is 16.9 Å². The molecule has 0 fully saturated rings. The molecule has 0 aliphatic rings. The monoisotopic (exact) mass is 359 g/mol. The number of pyridine rings is 1. The Morgan fingerprint density at radius 1 is 1.53 bits per heavy atom. The zero-order valence-electron chi connectivity index (χ0n) is 8.28. The third-order valence-corrected chi connectivity index (χ3v) is 3.43. The largest absolute Gasteiger partial charge is 0.301 e. The first-order valence-electron chi connectivity index (χ1n) is 4.02. The number of carbonyl (C=O) groups is 1. The minimum absolute atomic E-state index is 0.0895. The normalized spacial score (nSPS) is 10.2. The molecule has 0 spiro atoms. The van der Waals surface area contributed by atoms with Crippen LogP contribution in [0.2, 0.25) is 10.3 Å². The number of hydrogen-bond acceptors (Lipinski definition) is 4. The van der Waals surface area contributed by atoms with E-state index in [0.29, 0.717) is 0 Å². The van der Waals surface area contributed by atoms with Gasteiger partial charge >= 0.3 is 0 Å². The molecular weight excluding hydrogens is 356 g/mol. The summed E-state index contributed by atoms with van der Waals surface area (Å²) in [5, 5.41) is 8.74. The molecule has 0 bridgehead atoms. The number of amidine groups is 1. The maximum Gasteiger partial charge on any atom is 0.261 e. The van der Waals surface area contributed by atoms with Gasteiger partial charge < -0.3 is 5.32 Å². The molecule has 0 aliphatic heterocycles. The Morgan fingerprint density at radius 2 is 2.12 bits per heavy atom. The lowest BCUT2D eigenvalue weighted by atomic mass is 10.2. The van der Waals surface area contributed by atoms with Crippen LogP contribution in [0.3, 0.4) is 0 Å². The molecule has 0 aliphatic carbocycles. The van der Waals surface area contributed by atoms with Crippen LogP contribution in [0.1, 0.15) is 10.4 Å². The van der Waals surface area contributed by atoms with Gasteiger partial charge in [-0.1, -0.05) is 35.0 Å². The molecule has 92 valence electrons. The highest BCUT2D eigenvalue weighted by Crippen LogP contribution is 2.30. The van der Waals surface area contributed by atoms with Gasteiger partial charge in [-0.05, 0) is 22.2 Å². The van der Waals surface area contributed by atoms with Crippen molar-refractivity contribution in [3.05, 3.63) is 26.2 Å². The van der Waals surface area contributed by atoms with E-state index in [9.17, 15) is 9.18 Å². The van der Waals surface area contributed by atoms with Crippen molar-refractivity contribution < 1.29 is 9.18 Å². The third-order valence-electron chi connectivity index (χ3n) is 1.65. The average Bonchev–Trinajstić information content (AvgIpc) is 2.25. The number of nitrogens with zero attached hydrogens (tertiary/aromatic N) is 1. The Kier molecular flexibility index (Phi) is 5.18. The molecule has 1 amide bonds. The van der Waals surface area contributed by atoms with E-state index in [4.69, 9.17) is 28.6 Å². The third kappa shape index (κ3) is 3.31. The molecule has 4 nitrogen and oxygen atoms in total. The standard InChI is InChI=1S/C8H5BrCl2FN3OS/c1-17-8(13)15-7(16)2-3(9)4(12)6(11)14-5(2)10/h1H3,(H2,13,15,16). The summed E-state index contributed by atoms with van der Waals surface area (Å²) in [5.41, 5.74) is -0.202. The fraction of sp³-hybridized carbons (Fsp3) is 0.125. The minimum atomic E-state index is -0.878. The van der Waals surface area contributed by atoms with E-state index in [0.717, 1.165) is 11.8 Å². The second kappa shape index (κ2) is 5.99. The molecule has 0 saturated heterocycles. The Morgan fingerprint density at radius 3 is 2.65 bits per heavy atom. The summed E-state index contributed by atoms with van der Waals surface area (Å²) in [5.74, 6) is -1.61. The summed E-state index contributed by atoms with van der Waals surface area (Å²) in [4.78, 5) is 15.2. The van der Waals surface area contributed by atoms with Gasteiger partial charge in [0.25, 0.3) is 5.91 Å². The summed E-state index contributed by atoms with van der Waals surface area (Å²) in [6.07, 6.45) is 1.61. The van der Waals surface area contributed by atoms with Crippen molar-refractivity contribution in [2.24, 2.45) is 0 Å². The fourth-order valence-electron chi connectivity index (χ4n) is 0.892. The van der Waals surface area contributed by atoms with Crippen LogP contribution < -0.4 is 5.32 Å². The Labute approximate surface area is 119 Å². The summed E-state index contributed by atoms with van der Waals surface area (Å²) in [6.45, 7) is 0. The number of nitrogens with one attached hydrogen (secondary N) is 2. The number of amides is 1. The molecule has 0 unspecified atom stereocenters. The van der Waals surface area contributed by atoms with E-state index in [1.807, 2.05) is 0 Å². The molecular formula is C8H5BrCl2FN3OS. The first kappa shape index (κ1) is 14.7. The van der Waals surface area contributed by atoms with Gasteiger partial charge in [0.1, 0.15) is 5.15 Å². The van der Waals surface area contributed by atoms with Crippen molar-refractivity contribution in [2.75, 3.05) is 6.26 Å². The van der Waals surface area contributed by atoms with Crippen LogP contribution in [-0.2, 0) is 0 Å². The van der Waals surface area contributed by atoms with Crippen LogP contribution in [0.15, 0.2) is 4.47 Å². The SMILES string of the molecule is CSC(=N)NC(=O)c1c(Cl)nc(Cl)c(F)c1Br. The molecule has 9 heteroatoms. The fourth-order valence-corrected chi connectivity index (χ4v) is 2.36. The molecule has 1 aromatic heterocycles. The van der Waals surface area contributed by atoms with Crippen LogP contribution in [0, 0.1) is 11.2 Å². The maximum atomic E-state index is 13.4. The van der Waals surface area contributed by atoms with Crippen molar-refractivity contribution in [3.8, 4) is 0 Å². The van der Waals surface area contributed by atoms with Crippen LogP contribution in [-0.4, -0.2) is 22.3 Å². The molecule has 0 saturated carbocycles. The van der Waals surface area contributed by atoms with E-state index in [-0.39, 0.29) is 20.4 Å². The zero-order valence-corrected chi connectivity index (χ0v) is 12.2. The first-order valence-corrected chi connectivity index (χ1v) is 6.79. The number of halogens is 4. The predicted molar refractivity (Wildman–Crippen MR) is 70.6 cm³/mol. The number of hydrogen-bond donors (Lipinski definition) is 2. The summed E-state index contributed by atoms with van der Waals surface area (Å²) in [7, 11) is 0. The van der Waals surface area contributed by atoms with Gasteiger partial charge in [0.15, 0.2) is 16.1 Å². The van der Waals surface area contributed by atoms with Crippen molar-refractivity contribution >= 4 is 62.0 Å². The van der Waals surface area contributed by atoms with E-state index in [2.05, 4.69) is 26.2 Å². The molecule has 0 aromatic carbocycles. The molecule has 2 N–H and O–H groups in total. The van der Waals surface area contributed by atoms with Gasteiger partial charge in [0.2, 0.25) is 0 Å². The minimum Gasteiger partial charge on any atom is -0.301 e.